The topological polar surface area (TPSA) is 85.1 Å². The van der Waals surface area contributed by atoms with E-state index in [1.807, 2.05) is 12.1 Å². The molecule has 1 amide bonds. The Bertz CT molecular complexity index is 927. The van der Waals surface area contributed by atoms with Crippen LogP contribution in [0.15, 0.2) is 59.2 Å². The molecule has 6 nitrogen and oxygen atoms in total. The Labute approximate surface area is 139 Å². The number of anilines is 1. The summed E-state index contributed by atoms with van der Waals surface area (Å²) < 4.78 is 0.840. The molecule has 0 atom stereocenters. The molecule has 1 N–H and O–H groups in total. The van der Waals surface area contributed by atoms with Crippen molar-refractivity contribution in [1.82, 2.24) is 4.98 Å². The van der Waals surface area contributed by atoms with E-state index in [1.54, 1.807) is 18.3 Å². The summed E-state index contributed by atoms with van der Waals surface area (Å²) in [6.07, 6.45) is 1.64. The minimum absolute atomic E-state index is 0.127. The Balaban J connectivity index is 1.94. The monoisotopic (exact) mass is 371 g/mol. The number of hydrogen-bond acceptors (Lipinski definition) is 4. The lowest BCUT2D eigenvalue weighted by molar-refractivity contribution is -0.384. The van der Waals surface area contributed by atoms with Crippen molar-refractivity contribution in [2.45, 2.75) is 0 Å². The minimum atomic E-state index is -0.534. The molecule has 0 unspecified atom stereocenters. The highest BCUT2D eigenvalue weighted by atomic mass is 79.9. The highest BCUT2D eigenvalue weighted by molar-refractivity contribution is 9.10. The van der Waals surface area contributed by atoms with Gasteiger partial charge in [0.05, 0.1) is 16.1 Å². The molecule has 0 fully saturated rings. The van der Waals surface area contributed by atoms with Gasteiger partial charge in [0.1, 0.15) is 0 Å². The van der Waals surface area contributed by atoms with Crippen LogP contribution in [0.4, 0.5) is 11.4 Å². The van der Waals surface area contributed by atoms with E-state index in [0.717, 1.165) is 9.86 Å². The molecule has 0 aliphatic heterocycles. The fourth-order valence-electron chi connectivity index (χ4n) is 2.19. The normalized spacial score (nSPS) is 10.5. The summed E-state index contributed by atoms with van der Waals surface area (Å²) in [7, 11) is 0. The van der Waals surface area contributed by atoms with Crippen molar-refractivity contribution in [2.75, 3.05) is 5.32 Å². The van der Waals surface area contributed by atoms with Gasteiger partial charge in [0.25, 0.3) is 11.6 Å². The number of aromatic nitrogens is 1. The number of non-ortho nitro benzene ring substituents is 1. The second-order valence-electron chi connectivity index (χ2n) is 4.79. The summed E-state index contributed by atoms with van der Waals surface area (Å²) in [5, 5.41) is 14.4. The van der Waals surface area contributed by atoms with Crippen LogP contribution in [0.1, 0.15) is 10.4 Å². The lowest BCUT2D eigenvalue weighted by Crippen LogP contribution is -2.12. The van der Waals surface area contributed by atoms with Gasteiger partial charge in [-0.2, -0.15) is 0 Å². The number of nitrogens with zero attached hydrogens (tertiary/aromatic N) is 2. The Kier molecular flexibility index (Phi) is 4.03. The maximum absolute atomic E-state index is 12.3. The summed E-state index contributed by atoms with van der Waals surface area (Å²) in [5.74, 6) is -0.425. The molecule has 0 saturated carbocycles. The number of nitro benzene ring substituents is 1. The molecule has 1 aromatic heterocycles. The molecule has 7 heteroatoms. The van der Waals surface area contributed by atoms with Crippen LogP contribution in [-0.4, -0.2) is 15.8 Å². The van der Waals surface area contributed by atoms with Gasteiger partial charge in [-0.15, -0.1) is 0 Å². The number of hydrogen-bond donors (Lipinski definition) is 1. The maximum Gasteiger partial charge on any atom is 0.270 e. The summed E-state index contributed by atoms with van der Waals surface area (Å²) in [6.45, 7) is 0. The van der Waals surface area contributed by atoms with Gasteiger partial charge in [0.2, 0.25) is 0 Å². The van der Waals surface area contributed by atoms with Crippen LogP contribution in [0.2, 0.25) is 0 Å². The molecule has 0 radical (unpaired) electrons. The predicted molar refractivity (Wildman–Crippen MR) is 90.5 cm³/mol. The van der Waals surface area contributed by atoms with E-state index < -0.39 is 10.8 Å². The van der Waals surface area contributed by atoms with Crippen molar-refractivity contribution in [1.29, 1.82) is 0 Å². The van der Waals surface area contributed by atoms with Gasteiger partial charge in [-0.25, -0.2) is 0 Å². The third kappa shape index (κ3) is 3.19. The van der Waals surface area contributed by atoms with Gasteiger partial charge in [-0.05, 0) is 34.1 Å². The van der Waals surface area contributed by atoms with Crippen molar-refractivity contribution in [2.24, 2.45) is 0 Å². The molecule has 0 spiro atoms. The number of rotatable bonds is 3. The molecular formula is C16H10BrN3O3. The van der Waals surface area contributed by atoms with E-state index in [0.29, 0.717) is 11.2 Å². The summed E-state index contributed by atoms with van der Waals surface area (Å²) in [4.78, 5) is 26.9. The van der Waals surface area contributed by atoms with Crippen LogP contribution in [-0.2, 0) is 0 Å². The highest BCUT2D eigenvalue weighted by Gasteiger charge is 2.13. The zero-order valence-electron chi connectivity index (χ0n) is 11.7. The lowest BCUT2D eigenvalue weighted by atomic mass is 10.1. The molecule has 23 heavy (non-hydrogen) atoms. The van der Waals surface area contributed by atoms with Gasteiger partial charge < -0.3 is 5.32 Å². The number of nitro groups is 1. The van der Waals surface area contributed by atoms with Crippen molar-refractivity contribution >= 4 is 44.1 Å². The van der Waals surface area contributed by atoms with Crippen molar-refractivity contribution in [3.8, 4) is 0 Å². The lowest BCUT2D eigenvalue weighted by Gasteiger charge is -2.08. The summed E-state index contributed by atoms with van der Waals surface area (Å²) in [6, 6.07) is 12.9. The minimum Gasteiger partial charge on any atom is -0.320 e. The third-order valence-corrected chi connectivity index (χ3v) is 3.68. The van der Waals surface area contributed by atoms with E-state index in [-0.39, 0.29) is 11.3 Å². The van der Waals surface area contributed by atoms with Crippen molar-refractivity contribution in [3.63, 3.8) is 0 Å². The standard InChI is InChI=1S/C16H10BrN3O3/c17-12-7-10-3-2-6-14(15(10)18-9-12)19-16(21)11-4-1-5-13(8-11)20(22)23/h1-9H,(H,19,21). The first kappa shape index (κ1) is 15.1. The molecular weight excluding hydrogens is 362 g/mol. The van der Waals surface area contributed by atoms with Crippen molar-refractivity contribution < 1.29 is 9.72 Å². The van der Waals surface area contributed by atoms with Gasteiger partial charge in [0.15, 0.2) is 0 Å². The fraction of sp³-hybridized carbons (Fsp3) is 0. The Morgan fingerprint density at radius 1 is 1.17 bits per heavy atom. The smallest absolute Gasteiger partial charge is 0.270 e. The zero-order valence-corrected chi connectivity index (χ0v) is 13.3. The first-order valence-electron chi connectivity index (χ1n) is 6.65. The molecule has 3 rings (SSSR count). The van der Waals surface area contributed by atoms with Crippen LogP contribution in [0.5, 0.6) is 0 Å². The zero-order chi connectivity index (χ0) is 16.4. The Hall–Kier alpha value is -2.80. The van der Waals surface area contributed by atoms with E-state index in [2.05, 4.69) is 26.2 Å². The SMILES string of the molecule is O=C(Nc1cccc2cc(Br)cnc12)c1cccc([N+](=O)[O-])c1. The molecule has 3 aromatic rings. The molecule has 0 bridgehead atoms. The second-order valence-corrected chi connectivity index (χ2v) is 5.71. The number of para-hydroxylation sites is 1. The molecule has 114 valence electrons. The van der Waals surface area contributed by atoms with E-state index in [4.69, 9.17) is 0 Å². The molecule has 2 aromatic carbocycles. The number of fused-ring (bicyclic) bond motifs is 1. The van der Waals surface area contributed by atoms with E-state index in [9.17, 15) is 14.9 Å². The average molecular weight is 372 g/mol. The predicted octanol–water partition coefficient (Wildman–Crippen LogP) is 4.16. The number of halogens is 1. The number of benzene rings is 2. The maximum atomic E-state index is 12.3. The number of carbonyl (C=O) groups is 1. The quantitative estimate of drug-likeness (QED) is 0.553. The first-order chi connectivity index (χ1) is 11.0. The van der Waals surface area contributed by atoms with Crippen LogP contribution in [0.25, 0.3) is 10.9 Å². The number of nitrogens with one attached hydrogen (secondary N) is 1. The molecule has 0 aliphatic rings. The van der Waals surface area contributed by atoms with Gasteiger partial charge in [-0.3, -0.25) is 19.9 Å². The van der Waals surface area contributed by atoms with Crippen LogP contribution < -0.4 is 5.32 Å². The van der Waals surface area contributed by atoms with Crippen LogP contribution >= 0.6 is 15.9 Å². The molecule has 0 aliphatic carbocycles. The van der Waals surface area contributed by atoms with E-state index >= 15 is 0 Å². The Morgan fingerprint density at radius 3 is 2.74 bits per heavy atom. The third-order valence-electron chi connectivity index (χ3n) is 3.24. The Morgan fingerprint density at radius 2 is 1.96 bits per heavy atom. The van der Waals surface area contributed by atoms with Gasteiger partial charge in [-0.1, -0.05) is 18.2 Å². The van der Waals surface area contributed by atoms with Crippen LogP contribution in [0, 0.1) is 10.1 Å². The number of pyridine rings is 1. The van der Waals surface area contributed by atoms with Crippen molar-refractivity contribution in [3.05, 3.63) is 74.9 Å². The second kappa shape index (κ2) is 6.13. The summed E-state index contributed by atoms with van der Waals surface area (Å²) in [5.41, 5.74) is 1.28. The number of amides is 1. The largest absolute Gasteiger partial charge is 0.320 e. The van der Waals surface area contributed by atoms with Crippen LogP contribution in [0.3, 0.4) is 0 Å². The number of carbonyl (C=O) groups excluding carboxylic acids is 1. The molecule has 1 heterocycles. The fourth-order valence-corrected chi connectivity index (χ4v) is 2.54. The first-order valence-corrected chi connectivity index (χ1v) is 7.44. The summed E-state index contributed by atoms with van der Waals surface area (Å²) >= 11 is 3.35. The van der Waals surface area contributed by atoms with Gasteiger partial charge in [0, 0.05) is 33.8 Å². The van der Waals surface area contributed by atoms with Gasteiger partial charge >= 0.3 is 0 Å². The average Bonchev–Trinajstić information content (AvgIpc) is 2.54. The van der Waals surface area contributed by atoms with E-state index in [1.165, 1.54) is 24.3 Å². The highest BCUT2D eigenvalue weighted by Crippen LogP contribution is 2.24. The molecule has 0 saturated heterocycles.